The van der Waals surface area contributed by atoms with Crippen LogP contribution in [0.2, 0.25) is 0 Å². The normalized spacial score (nSPS) is 24.0. The van der Waals surface area contributed by atoms with Crippen molar-refractivity contribution in [1.29, 1.82) is 0 Å². The summed E-state index contributed by atoms with van der Waals surface area (Å²) >= 11 is 1.72. The smallest absolute Gasteiger partial charge is 0.225 e. The second-order valence-electron chi connectivity index (χ2n) is 7.34. The lowest BCUT2D eigenvalue weighted by molar-refractivity contribution is -0.140. The first kappa shape index (κ1) is 21.2. The minimum Gasteiger partial charge on any atom is -0.355 e. The van der Waals surface area contributed by atoms with Crippen molar-refractivity contribution in [2.24, 2.45) is 17.6 Å². The number of hydrogen-bond acceptors (Lipinski definition) is 4. The fraction of sp³-hybridized carbons (Fsp3) is 0.684. The van der Waals surface area contributed by atoms with Crippen LogP contribution < -0.4 is 11.1 Å². The molecule has 1 saturated carbocycles. The van der Waals surface area contributed by atoms with Crippen molar-refractivity contribution >= 4 is 35.6 Å². The Morgan fingerprint density at radius 1 is 1.19 bits per heavy atom. The van der Waals surface area contributed by atoms with Gasteiger partial charge in [0, 0.05) is 42.4 Å². The molecule has 2 heterocycles. The number of nitrogens with two attached hydrogens (primary N) is 1. The van der Waals surface area contributed by atoms with E-state index in [1.807, 2.05) is 11.0 Å². The van der Waals surface area contributed by atoms with Gasteiger partial charge in [0.1, 0.15) is 0 Å². The third-order valence-electron chi connectivity index (χ3n) is 5.49. The van der Waals surface area contributed by atoms with E-state index in [0.29, 0.717) is 19.6 Å². The van der Waals surface area contributed by atoms with Crippen molar-refractivity contribution in [2.75, 3.05) is 19.6 Å². The highest BCUT2D eigenvalue weighted by Gasteiger charge is 2.32. The van der Waals surface area contributed by atoms with Crippen molar-refractivity contribution in [3.05, 3.63) is 22.4 Å². The van der Waals surface area contributed by atoms with Crippen molar-refractivity contribution in [3.8, 4) is 0 Å². The summed E-state index contributed by atoms with van der Waals surface area (Å²) in [6, 6.07) is 4.31. The second kappa shape index (κ2) is 10.3. The van der Waals surface area contributed by atoms with Gasteiger partial charge in [-0.3, -0.25) is 9.59 Å². The lowest BCUT2D eigenvalue weighted by atomic mass is 9.84. The van der Waals surface area contributed by atoms with Crippen LogP contribution in [0.15, 0.2) is 17.5 Å². The highest BCUT2D eigenvalue weighted by atomic mass is 35.5. The van der Waals surface area contributed by atoms with Crippen LogP contribution in [0.4, 0.5) is 0 Å². The number of rotatable bonds is 5. The number of amides is 2. The Bertz CT molecular complexity index is 573. The third kappa shape index (κ3) is 5.69. The lowest BCUT2D eigenvalue weighted by Gasteiger charge is -2.35. The molecule has 1 aliphatic heterocycles. The average molecular weight is 400 g/mol. The zero-order valence-electron chi connectivity index (χ0n) is 15.2. The van der Waals surface area contributed by atoms with E-state index in [2.05, 4.69) is 16.8 Å². The van der Waals surface area contributed by atoms with Crippen molar-refractivity contribution in [2.45, 2.75) is 51.0 Å². The quantitative estimate of drug-likeness (QED) is 0.798. The minimum absolute atomic E-state index is 0. The van der Waals surface area contributed by atoms with Crippen molar-refractivity contribution in [1.82, 2.24) is 10.2 Å². The van der Waals surface area contributed by atoms with Crippen LogP contribution in [-0.2, 0) is 16.0 Å². The maximum atomic E-state index is 12.6. The van der Waals surface area contributed by atoms with Gasteiger partial charge in [-0.2, -0.15) is 0 Å². The van der Waals surface area contributed by atoms with Gasteiger partial charge in [-0.05, 0) is 50.0 Å². The molecule has 0 aromatic carbocycles. The Morgan fingerprint density at radius 2 is 1.96 bits per heavy atom. The Balaban J connectivity index is 0.00000243. The SMILES string of the molecule is Cl.NC1CCCC(C(=O)N2CCC(C(=O)NCCc3cccs3)CC2)C1. The van der Waals surface area contributed by atoms with Crippen LogP contribution in [0.3, 0.4) is 0 Å². The molecule has 0 spiro atoms. The fourth-order valence-electron chi connectivity index (χ4n) is 3.98. The van der Waals surface area contributed by atoms with E-state index in [4.69, 9.17) is 5.73 Å². The van der Waals surface area contributed by atoms with Gasteiger partial charge in [0.25, 0.3) is 0 Å². The first-order chi connectivity index (χ1) is 12.1. The number of halogens is 1. The number of carbonyl (C=O) groups is 2. The molecule has 1 aromatic heterocycles. The summed E-state index contributed by atoms with van der Waals surface area (Å²) in [5, 5.41) is 5.11. The highest BCUT2D eigenvalue weighted by molar-refractivity contribution is 7.09. The fourth-order valence-corrected chi connectivity index (χ4v) is 4.69. The molecule has 2 unspecified atom stereocenters. The summed E-state index contributed by atoms with van der Waals surface area (Å²) in [5.74, 6) is 0.538. The summed E-state index contributed by atoms with van der Waals surface area (Å²) in [4.78, 5) is 28.2. The number of piperidine rings is 1. The van der Waals surface area contributed by atoms with E-state index in [1.165, 1.54) is 4.88 Å². The molecule has 3 rings (SSSR count). The Hall–Kier alpha value is -1.11. The summed E-state index contributed by atoms with van der Waals surface area (Å²) < 4.78 is 0. The molecule has 26 heavy (non-hydrogen) atoms. The van der Waals surface area contributed by atoms with E-state index < -0.39 is 0 Å². The zero-order chi connectivity index (χ0) is 17.6. The maximum Gasteiger partial charge on any atom is 0.225 e. The van der Waals surface area contributed by atoms with Gasteiger partial charge in [-0.25, -0.2) is 0 Å². The van der Waals surface area contributed by atoms with Crippen LogP contribution in [-0.4, -0.2) is 42.4 Å². The van der Waals surface area contributed by atoms with Gasteiger partial charge in [0.05, 0.1) is 0 Å². The van der Waals surface area contributed by atoms with Crippen LogP contribution in [0.25, 0.3) is 0 Å². The van der Waals surface area contributed by atoms with E-state index in [-0.39, 0.29) is 42.1 Å². The van der Waals surface area contributed by atoms with Gasteiger partial charge in [0.15, 0.2) is 0 Å². The Kier molecular flexibility index (Phi) is 8.38. The number of thiophene rings is 1. The van der Waals surface area contributed by atoms with E-state index in [0.717, 1.165) is 44.9 Å². The van der Waals surface area contributed by atoms with E-state index in [9.17, 15) is 9.59 Å². The van der Waals surface area contributed by atoms with Crippen LogP contribution in [0.5, 0.6) is 0 Å². The van der Waals surface area contributed by atoms with Crippen LogP contribution >= 0.6 is 23.7 Å². The molecule has 7 heteroatoms. The summed E-state index contributed by atoms with van der Waals surface area (Å²) in [6.45, 7) is 2.10. The molecular weight excluding hydrogens is 370 g/mol. The molecule has 1 aliphatic carbocycles. The molecule has 2 fully saturated rings. The first-order valence-electron chi connectivity index (χ1n) is 9.48. The van der Waals surface area contributed by atoms with E-state index >= 15 is 0 Å². The molecule has 0 bridgehead atoms. The van der Waals surface area contributed by atoms with Crippen molar-refractivity contribution < 1.29 is 9.59 Å². The molecule has 2 aliphatic rings. The molecule has 146 valence electrons. The summed E-state index contributed by atoms with van der Waals surface area (Å²) in [5.41, 5.74) is 6.01. The standard InChI is InChI=1S/C19H29N3O2S.ClH/c20-16-4-1-3-15(13-16)19(24)22-10-7-14(8-11-22)18(23)21-9-6-17-5-2-12-25-17;/h2,5,12,14-16H,1,3-4,6-11,13,20H2,(H,21,23);1H. The maximum absolute atomic E-state index is 12.6. The van der Waals surface area contributed by atoms with Crippen LogP contribution in [0, 0.1) is 11.8 Å². The molecule has 5 nitrogen and oxygen atoms in total. The molecule has 1 aromatic rings. The van der Waals surface area contributed by atoms with Gasteiger partial charge in [-0.1, -0.05) is 12.5 Å². The van der Waals surface area contributed by atoms with Gasteiger partial charge in [-0.15, -0.1) is 23.7 Å². The Labute approximate surface area is 166 Å². The van der Waals surface area contributed by atoms with E-state index in [1.54, 1.807) is 11.3 Å². The molecular formula is C19H30ClN3O2S. The van der Waals surface area contributed by atoms with Crippen LogP contribution in [0.1, 0.15) is 43.4 Å². The number of hydrogen-bond donors (Lipinski definition) is 2. The topological polar surface area (TPSA) is 75.4 Å². The molecule has 3 N–H and O–H groups in total. The number of nitrogens with one attached hydrogen (secondary N) is 1. The average Bonchev–Trinajstić information content (AvgIpc) is 3.14. The minimum atomic E-state index is 0. The molecule has 2 amide bonds. The Morgan fingerprint density at radius 3 is 2.62 bits per heavy atom. The zero-order valence-corrected chi connectivity index (χ0v) is 16.8. The van der Waals surface area contributed by atoms with Gasteiger partial charge < -0.3 is 16.0 Å². The largest absolute Gasteiger partial charge is 0.355 e. The second-order valence-corrected chi connectivity index (χ2v) is 8.38. The summed E-state index contributed by atoms with van der Waals surface area (Å²) in [6.07, 6.45) is 6.32. The number of carbonyl (C=O) groups excluding carboxylic acids is 2. The first-order valence-corrected chi connectivity index (χ1v) is 10.4. The molecule has 0 radical (unpaired) electrons. The van der Waals surface area contributed by atoms with Crippen molar-refractivity contribution in [3.63, 3.8) is 0 Å². The third-order valence-corrected chi connectivity index (χ3v) is 6.43. The highest BCUT2D eigenvalue weighted by Crippen LogP contribution is 2.27. The van der Waals surface area contributed by atoms with Gasteiger partial charge in [0.2, 0.25) is 11.8 Å². The number of nitrogens with zero attached hydrogens (tertiary/aromatic N) is 1. The predicted octanol–water partition coefficient (Wildman–Crippen LogP) is 2.58. The molecule has 1 saturated heterocycles. The predicted molar refractivity (Wildman–Crippen MR) is 108 cm³/mol. The summed E-state index contributed by atoms with van der Waals surface area (Å²) in [7, 11) is 0. The number of likely N-dealkylation sites (tertiary alicyclic amines) is 1. The monoisotopic (exact) mass is 399 g/mol. The van der Waals surface area contributed by atoms with Gasteiger partial charge >= 0.3 is 0 Å². The lowest BCUT2D eigenvalue weighted by Crippen LogP contribution is -2.46. The molecule has 2 atom stereocenters.